The second kappa shape index (κ2) is 8.11. The highest BCUT2D eigenvalue weighted by Gasteiger charge is 2.21. The van der Waals surface area contributed by atoms with Crippen molar-refractivity contribution in [3.63, 3.8) is 0 Å². The lowest BCUT2D eigenvalue weighted by molar-refractivity contribution is -0.122. The van der Waals surface area contributed by atoms with Crippen molar-refractivity contribution in [2.24, 2.45) is 0 Å². The fourth-order valence-electron chi connectivity index (χ4n) is 2.51. The molecule has 2 aromatic carbocycles. The van der Waals surface area contributed by atoms with Gasteiger partial charge in [0.15, 0.2) is 0 Å². The van der Waals surface area contributed by atoms with Gasteiger partial charge in [-0.15, -0.1) is 6.42 Å². The van der Waals surface area contributed by atoms with Crippen LogP contribution in [0.3, 0.4) is 0 Å². The lowest BCUT2D eigenvalue weighted by Crippen LogP contribution is -2.37. The monoisotopic (exact) mass is 310 g/mol. The van der Waals surface area contributed by atoms with Crippen molar-refractivity contribution < 1.29 is 9.18 Å². The Morgan fingerprint density at radius 3 is 2.39 bits per heavy atom. The Morgan fingerprint density at radius 1 is 1.17 bits per heavy atom. The SMILES string of the molecule is C#CCNC(=O)CN(C)C(c1ccccc1)c1ccc(F)cc1. The second-order valence-corrected chi connectivity index (χ2v) is 5.26. The minimum absolute atomic E-state index is 0.145. The van der Waals surface area contributed by atoms with Gasteiger partial charge < -0.3 is 5.32 Å². The molecule has 1 N–H and O–H groups in total. The van der Waals surface area contributed by atoms with E-state index in [0.29, 0.717) is 0 Å². The minimum atomic E-state index is -0.282. The van der Waals surface area contributed by atoms with Gasteiger partial charge in [0.2, 0.25) is 5.91 Å². The van der Waals surface area contributed by atoms with Gasteiger partial charge in [0.1, 0.15) is 5.82 Å². The van der Waals surface area contributed by atoms with Gasteiger partial charge in [0.05, 0.1) is 19.1 Å². The molecule has 0 aliphatic heterocycles. The Hall–Kier alpha value is -2.64. The van der Waals surface area contributed by atoms with Crippen molar-refractivity contribution in [2.75, 3.05) is 20.1 Å². The van der Waals surface area contributed by atoms with Gasteiger partial charge >= 0.3 is 0 Å². The Balaban J connectivity index is 2.25. The summed E-state index contributed by atoms with van der Waals surface area (Å²) in [7, 11) is 1.86. The number of rotatable bonds is 6. The number of hydrogen-bond donors (Lipinski definition) is 1. The molecule has 0 heterocycles. The van der Waals surface area contributed by atoms with Crippen LogP contribution in [0.25, 0.3) is 0 Å². The summed E-state index contributed by atoms with van der Waals surface area (Å²) in [6.07, 6.45) is 5.15. The summed E-state index contributed by atoms with van der Waals surface area (Å²) in [4.78, 5) is 13.8. The average Bonchev–Trinajstić information content (AvgIpc) is 2.56. The zero-order valence-corrected chi connectivity index (χ0v) is 13.0. The van der Waals surface area contributed by atoms with E-state index in [1.807, 2.05) is 42.3 Å². The van der Waals surface area contributed by atoms with Gasteiger partial charge in [-0.1, -0.05) is 48.4 Å². The van der Waals surface area contributed by atoms with Crippen LogP contribution >= 0.6 is 0 Å². The number of terminal acetylenes is 1. The van der Waals surface area contributed by atoms with Crippen LogP contribution in [0, 0.1) is 18.2 Å². The third-order valence-corrected chi connectivity index (χ3v) is 3.52. The third kappa shape index (κ3) is 4.67. The molecule has 2 rings (SSSR count). The first-order chi connectivity index (χ1) is 11.1. The lowest BCUT2D eigenvalue weighted by Gasteiger charge is -2.28. The van der Waals surface area contributed by atoms with E-state index in [2.05, 4.69) is 11.2 Å². The average molecular weight is 310 g/mol. The molecule has 1 amide bonds. The van der Waals surface area contributed by atoms with E-state index in [1.165, 1.54) is 12.1 Å². The van der Waals surface area contributed by atoms with Crippen LogP contribution in [0.4, 0.5) is 4.39 Å². The summed E-state index contributed by atoms with van der Waals surface area (Å²) in [6.45, 7) is 0.401. The van der Waals surface area contributed by atoms with Crippen molar-refractivity contribution in [1.82, 2.24) is 10.2 Å². The minimum Gasteiger partial charge on any atom is -0.344 e. The van der Waals surface area contributed by atoms with Crippen LogP contribution in [0.2, 0.25) is 0 Å². The van der Waals surface area contributed by atoms with Crippen LogP contribution < -0.4 is 5.32 Å². The van der Waals surface area contributed by atoms with Crippen molar-refractivity contribution in [1.29, 1.82) is 0 Å². The number of benzene rings is 2. The molecular formula is C19H19FN2O. The molecule has 1 atom stereocenters. The molecule has 0 saturated heterocycles. The molecule has 0 fully saturated rings. The first-order valence-electron chi connectivity index (χ1n) is 7.32. The molecule has 1 unspecified atom stereocenters. The van der Waals surface area contributed by atoms with E-state index in [1.54, 1.807) is 12.1 Å². The molecule has 4 heteroatoms. The number of nitrogens with zero attached hydrogens (tertiary/aromatic N) is 1. The van der Waals surface area contributed by atoms with Gasteiger partial charge in [0, 0.05) is 0 Å². The Kier molecular flexibility index (Phi) is 5.90. The molecular weight excluding hydrogens is 291 g/mol. The van der Waals surface area contributed by atoms with Crippen LogP contribution in [-0.4, -0.2) is 30.9 Å². The van der Waals surface area contributed by atoms with Crippen molar-refractivity contribution in [3.05, 3.63) is 71.5 Å². The fourth-order valence-corrected chi connectivity index (χ4v) is 2.51. The van der Waals surface area contributed by atoms with Crippen LogP contribution in [0.1, 0.15) is 17.2 Å². The molecule has 3 nitrogen and oxygen atoms in total. The maximum Gasteiger partial charge on any atom is 0.234 e. The van der Waals surface area contributed by atoms with Gasteiger partial charge in [-0.2, -0.15) is 0 Å². The number of carbonyl (C=O) groups excluding carboxylic acids is 1. The summed E-state index contributed by atoms with van der Waals surface area (Å²) in [5.41, 5.74) is 1.95. The lowest BCUT2D eigenvalue weighted by atomic mass is 9.97. The number of nitrogens with one attached hydrogen (secondary N) is 1. The summed E-state index contributed by atoms with van der Waals surface area (Å²) in [5.74, 6) is 1.95. The summed E-state index contributed by atoms with van der Waals surface area (Å²) < 4.78 is 13.2. The molecule has 0 aliphatic carbocycles. The molecule has 0 radical (unpaired) electrons. The van der Waals surface area contributed by atoms with E-state index < -0.39 is 0 Å². The second-order valence-electron chi connectivity index (χ2n) is 5.26. The quantitative estimate of drug-likeness (QED) is 0.832. The van der Waals surface area contributed by atoms with Gasteiger partial charge in [-0.3, -0.25) is 9.69 Å². The Bertz CT molecular complexity index is 677. The molecule has 0 bridgehead atoms. The number of hydrogen-bond acceptors (Lipinski definition) is 2. The zero-order valence-electron chi connectivity index (χ0n) is 13.0. The molecule has 0 saturated carbocycles. The molecule has 118 valence electrons. The van der Waals surface area contributed by atoms with Crippen LogP contribution in [0.15, 0.2) is 54.6 Å². The van der Waals surface area contributed by atoms with E-state index in [4.69, 9.17) is 6.42 Å². The van der Waals surface area contributed by atoms with Crippen molar-refractivity contribution in [2.45, 2.75) is 6.04 Å². The normalized spacial score (nSPS) is 11.7. The van der Waals surface area contributed by atoms with E-state index >= 15 is 0 Å². The fraction of sp³-hybridized carbons (Fsp3) is 0.211. The Morgan fingerprint density at radius 2 is 1.78 bits per heavy atom. The predicted molar refractivity (Wildman–Crippen MR) is 89.2 cm³/mol. The van der Waals surface area contributed by atoms with Crippen molar-refractivity contribution >= 4 is 5.91 Å². The number of amides is 1. The summed E-state index contributed by atoms with van der Waals surface area (Å²) in [6, 6.07) is 16.0. The van der Waals surface area contributed by atoms with E-state index in [-0.39, 0.29) is 30.9 Å². The van der Waals surface area contributed by atoms with Crippen LogP contribution in [-0.2, 0) is 4.79 Å². The summed E-state index contributed by atoms with van der Waals surface area (Å²) >= 11 is 0. The highest BCUT2D eigenvalue weighted by molar-refractivity contribution is 5.78. The van der Waals surface area contributed by atoms with Gasteiger partial charge in [-0.05, 0) is 30.3 Å². The highest BCUT2D eigenvalue weighted by Crippen LogP contribution is 2.27. The Labute approximate surface area is 136 Å². The molecule has 2 aromatic rings. The molecule has 0 aliphatic rings. The van der Waals surface area contributed by atoms with E-state index in [0.717, 1.165) is 11.1 Å². The molecule has 0 aromatic heterocycles. The first-order valence-corrected chi connectivity index (χ1v) is 7.32. The largest absolute Gasteiger partial charge is 0.344 e. The summed E-state index contributed by atoms with van der Waals surface area (Å²) in [5, 5.41) is 2.65. The number of halogens is 1. The third-order valence-electron chi connectivity index (χ3n) is 3.52. The maximum absolute atomic E-state index is 13.2. The first kappa shape index (κ1) is 16.7. The zero-order chi connectivity index (χ0) is 16.7. The van der Waals surface area contributed by atoms with E-state index in [9.17, 15) is 9.18 Å². The van der Waals surface area contributed by atoms with Gasteiger partial charge in [-0.25, -0.2) is 4.39 Å². The molecule has 0 spiro atoms. The smallest absolute Gasteiger partial charge is 0.234 e. The topological polar surface area (TPSA) is 32.3 Å². The number of likely N-dealkylation sites (N-methyl/N-ethyl adjacent to an activating group) is 1. The van der Waals surface area contributed by atoms with Crippen LogP contribution in [0.5, 0.6) is 0 Å². The number of carbonyl (C=O) groups is 1. The molecule has 23 heavy (non-hydrogen) atoms. The maximum atomic E-state index is 13.2. The van der Waals surface area contributed by atoms with Gasteiger partial charge in [0.25, 0.3) is 0 Å². The predicted octanol–water partition coefficient (Wildman–Crippen LogP) is 2.60. The van der Waals surface area contributed by atoms with Crippen molar-refractivity contribution in [3.8, 4) is 12.3 Å². The standard InChI is InChI=1S/C19H19FN2O/c1-3-13-21-18(23)14-22(2)19(15-7-5-4-6-8-15)16-9-11-17(20)12-10-16/h1,4-12,19H,13-14H2,2H3,(H,21,23). The highest BCUT2D eigenvalue weighted by atomic mass is 19.1.